The number of ether oxygens (including phenoxy) is 1. The lowest BCUT2D eigenvalue weighted by molar-refractivity contribution is 0.0592. The van der Waals surface area contributed by atoms with E-state index in [0.29, 0.717) is 0 Å². The number of methoxy groups -OCH3 is 1. The van der Waals surface area contributed by atoms with Crippen LogP contribution in [0, 0.1) is 5.82 Å². The normalized spacial score (nSPS) is 17.3. The monoisotopic (exact) mass is 315 g/mol. The molecular formula is C17H18FN3O2. The average Bonchev–Trinajstić information content (AvgIpc) is 3.02. The first-order chi connectivity index (χ1) is 11.2. The minimum atomic E-state index is -0.498. The molecule has 1 saturated heterocycles. The van der Waals surface area contributed by atoms with Gasteiger partial charge >= 0.3 is 5.97 Å². The van der Waals surface area contributed by atoms with Crippen LogP contribution in [-0.2, 0) is 11.2 Å². The number of hydrogen-bond donors (Lipinski definition) is 0. The van der Waals surface area contributed by atoms with Gasteiger partial charge < -0.3 is 9.64 Å². The van der Waals surface area contributed by atoms with Gasteiger partial charge in [-0.25, -0.2) is 9.18 Å². The van der Waals surface area contributed by atoms with Crippen molar-refractivity contribution in [2.75, 3.05) is 18.6 Å². The Hall–Kier alpha value is -2.50. The summed E-state index contributed by atoms with van der Waals surface area (Å²) in [5, 5.41) is 8.06. The van der Waals surface area contributed by atoms with Crippen molar-refractivity contribution in [3.8, 4) is 0 Å². The van der Waals surface area contributed by atoms with Crippen molar-refractivity contribution in [3.05, 3.63) is 53.5 Å². The lowest BCUT2D eigenvalue weighted by atomic mass is 10.0. The second-order valence-electron chi connectivity index (χ2n) is 5.59. The predicted octanol–water partition coefficient (Wildman–Crippen LogP) is 2.61. The maximum atomic E-state index is 13.3. The first-order valence-corrected chi connectivity index (χ1v) is 7.60. The number of carbonyl (C=O) groups is 1. The Morgan fingerprint density at radius 2 is 2.22 bits per heavy atom. The van der Waals surface area contributed by atoms with Crippen LogP contribution in [0.25, 0.3) is 0 Å². The van der Waals surface area contributed by atoms with Gasteiger partial charge in [0.15, 0.2) is 11.5 Å². The quantitative estimate of drug-likeness (QED) is 0.812. The average molecular weight is 315 g/mol. The topological polar surface area (TPSA) is 55.3 Å². The van der Waals surface area contributed by atoms with Gasteiger partial charge in [0.1, 0.15) is 5.82 Å². The van der Waals surface area contributed by atoms with Crippen LogP contribution < -0.4 is 4.90 Å². The van der Waals surface area contributed by atoms with E-state index in [1.165, 1.54) is 13.2 Å². The van der Waals surface area contributed by atoms with Crippen molar-refractivity contribution in [1.82, 2.24) is 10.2 Å². The molecule has 1 aliphatic rings. The van der Waals surface area contributed by atoms with Crippen molar-refractivity contribution in [3.63, 3.8) is 0 Å². The number of benzene rings is 1. The molecule has 2 heterocycles. The molecule has 1 aromatic carbocycles. The molecular weight excluding hydrogens is 297 g/mol. The predicted molar refractivity (Wildman–Crippen MR) is 83.8 cm³/mol. The van der Waals surface area contributed by atoms with Gasteiger partial charge in [0.05, 0.1) is 7.11 Å². The minimum absolute atomic E-state index is 0.192. The Morgan fingerprint density at radius 3 is 2.91 bits per heavy atom. The summed E-state index contributed by atoms with van der Waals surface area (Å²) < 4.78 is 18.0. The molecule has 2 aromatic rings. The molecule has 0 N–H and O–H groups in total. The number of nitrogens with zero attached hydrogens (tertiary/aromatic N) is 3. The molecule has 0 radical (unpaired) electrons. The Bertz CT molecular complexity index is 690. The number of anilines is 1. The summed E-state index contributed by atoms with van der Waals surface area (Å²) in [6.45, 7) is 0.881. The fourth-order valence-corrected chi connectivity index (χ4v) is 2.98. The molecule has 5 nitrogen and oxygen atoms in total. The van der Waals surface area contributed by atoms with Gasteiger partial charge in [-0.15, -0.1) is 10.2 Å². The van der Waals surface area contributed by atoms with Crippen LogP contribution in [0.3, 0.4) is 0 Å². The molecule has 0 saturated carbocycles. The third-order valence-electron chi connectivity index (χ3n) is 4.08. The molecule has 1 aliphatic heterocycles. The highest BCUT2D eigenvalue weighted by molar-refractivity contribution is 5.87. The largest absolute Gasteiger partial charge is 0.464 e. The molecule has 0 bridgehead atoms. The van der Waals surface area contributed by atoms with E-state index < -0.39 is 5.97 Å². The maximum absolute atomic E-state index is 13.3. The number of halogens is 1. The van der Waals surface area contributed by atoms with Gasteiger partial charge in [-0.3, -0.25) is 0 Å². The summed E-state index contributed by atoms with van der Waals surface area (Å²) in [4.78, 5) is 13.6. The van der Waals surface area contributed by atoms with Gasteiger partial charge in [0, 0.05) is 12.6 Å². The highest BCUT2D eigenvalue weighted by Gasteiger charge is 2.26. The summed E-state index contributed by atoms with van der Waals surface area (Å²) in [5.41, 5.74) is 1.16. The summed E-state index contributed by atoms with van der Waals surface area (Å²) in [6.07, 6.45) is 2.84. The number of esters is 1. The highest BCUT2D eigenvalue weighted by atomic mass is 19.1. The third-order valence-corrected chi connectivity index (χ3v) is 4.08. The minimum Gasteiger partial charge on any atom is -0.464 e. The van der Waals surface area contributed by atoms with Gasteiger partial charge in [0.25, 0.3) is 0 Å². The number of rotatable bonds is 4. The van der Waals surface area contributed by atoms with Crippen LogP contribution in [0.15, 0.2) is 36.4 Å². The molecule has 3 rings (SSSR count). The third kappa shape index (κ3) is 3.47. The van der Waals surface area contributed by atoms with E-state index in [0.717, 1.165) is 37.2 Å². The zero-order chi connectivity index (χ0) is 16.2. The fraction of sp³-hybridized carbons (Fsp3) is 0.353. The lowest BCUT2D eigenvalue weighted by Gasteiger charge is -2.25. The van der Waals surface area contributed by atoms with Crippen molar-refractivity contribution in [1.29, 1.82) is 0 Å². The second-order valence-corrected chi connectivity index (χ2v) is 5.59. The molecule has 1 fully saturated rings. The lowest BCUT2D eigenvalue weighted by Crippen LogP contribution is -2.32. The Kier molecular flexibility index (Phi) is 4.50. The van der Waals surface area contributed by atoms with E-state index >= 15 is 0 Å². The molecule has 6 heteroatoms. The van der Waals surface area contributed by atoms with Crippen molar-refractivity contribution < 1.29 is 13.9 Å². The zero-order valence-electron chi connectivity index (χ0n) is 12.9. The van der Waals surface area contributed by atoms with E-state index in [-0.39, 0.29) is 17.6 Å². The second kappa shape index (κ2) is 6.73. The molecule has 23 heavy (non-hydrogen) atoms. The smallest absolute Gasteiger partial charge is 0.358 e. The molecule has 1 aromatic heterocycles. The van der Waals surface area contributed by atoms with Crippen LogP contribution in [0.5, 0.6) is 0 Å². The zero-order valence-corrected chi connectivity index (χ0v) is 12.9. The Morgan fingerprint density at radius 1 is 1.35 bits per heavy atom. The van der Waals surface area contributed by atoms with E-state index in [1.807, 2.05) is 6.07 Å². The summed E-state index contributed by atoms with van der Waals surface area (Å²) in [6, 6.07) is 10.3. The van der Waals surface area contributed by atoms with Crippen molar-refractivity contribution in [2.45, 2.75) is 25.3 Å². The molecule has 120 valence electrons. The van der Waals surface area contributed by atoms with Crippen LogP contribution in [-0.4, -0.2) is 35.9 Å². The van der Waals surface area contributed by atoms with Gasteiger partial charge in [-0.05, 0) is 49.1 Å². The van der Waals surface area contributed by atoms with E-state index in [9.17, 15) is 9.18 Å². The Balaban J connectivity index is 1.74. The fourth-order valence-electron chi connectivity index (χ4n) is 2.98. The molecule has 0 unspecified atom stereocenters. The van der Waals surface area contributed by atoms with E-state index in [2.05, 4.69) is 19.8 Å². The summed E-state index contributed by atoms with van der Waals surface area (Å²) >= 11 is 0. The Labute approximate surface area is 134 Å². The van der Waals surface area contributed by atoms with Crippen LogP contribution >= 0.6 is 0 Å². The van der Waals surface area contributed by atoms with Crippen LogP contribution in [0.2, 0.25) is 0 Å². The molecule has 0 aliphatic carbocycles. The molecule has 0 amide bonds. The summed E-state index contributed by atoms with van der Waals surface area (Å²) in [5.74, 6) is 0.0209. The first-order valence-electron chi connectivity index (χ1n) is 7.60. The number of aromatic nitrogens is 2. The number of hydrogen-bond acceptors (Lipinski definition) is 5. The first kappa shape index (κ1) is 15.4. The molecule has 1 atom stereocenters. The van der Waals surface area contributed by atoms with Gasteiger partial charge in [-0.2, -0.15) is 0 Å². The van der Waals surface area contributed by atoms with E-state index in [4.69, 9.17) is 0 Å². The van der Waals surface area contributed by atoms with Crippen LogP contribution in [0.1, 0.15) is 28.9 Å². The van der Waals surface area contributed by atoms with Crippen molar-refractivity contribution >= 4 is 11.8 Å². The van der Waals surface area contributed by atoms with Crippen molar-refractivity contribution in [2.24, 2.45) is 0 Å². The van der Waals surface area contributed by atoms with E-state index in [1.54, 1.807) is 24.3 Å². The maximum Gasteiger partial charge on any atom is 0.358 e. The number of carbonyl (C=O) groups excluding carboxylic acids is 1. The van der Waals surface area contributed by atoms with Gasteiger partial charge in [0.2, 0.25) is 0 Å². The standard InChI is InChI=1S/C17H18FN3O2/c1-23-17(22)15-7-8-16(20-19-15)21-9-3-6-14(21)11-12-4-2-5-13(18)10-12/h2,4-5,7-8,10,14H,3,6,9,11H2,1H3/t14-/m1/s1. The summed E-state index contributed by atoms with van der Waals surface area (Å²) in [7, 11) is 1.31. The highest BCUT2D eigenvalue weighted by Crippen LogP contribution is 2.26. The van der Waals surface area contributed by atoms with Gasteiger partial charge in [-0.1, -0.05) is 12.1 Å². The van der Waals surface area contributed by atoms with Crippen LogP contribution in [0.4, 0.5) is 10.2 Å². The molecule has 0 spiro atoms. The SMILES string of the molecule is COC(=O)c1ccc(N2CCC[C@@H]2Cc2cccc(F)c2)nn1.